The van der Waals surface area contributed by atoms with Crippen LogP contribution in [0.5, 0.6) is 0 Å². The molecular formula is C30H49FO4S. The molecule has 0 aromatic heterocycles. The number of halogens is 1. The number of allylic oxidation sites excluding steroid dienone is 2. The van der Waals surface area contributed by atoms with E-state index in [1.807, 2.05) is 6.92 Å². The van der Waals surface area contributed by atoms with Gasteiger partial charge in [0.1, 0.15) is 0 Å². The van der Waals surface area contributed by atoms with Crippen LogP contribution in [0.25, 0.3) is 0 Å². The molecule has 0 spiro atoms. The van der Waals surface area contributed by atoms with Crippen molar-refractivity contribution in [3.63, 3.8) is 0 Å². The Bertz CT molecular complexity index is 975. The van der Waals surface area contributed by atoms with Crippen LogP contribution in [0, 0.1) is 52.3 Å². The molecular weight excluding hydrogens is 475 g/mol. The van der Waals surface area contributed by atoms with Gasteiger partial charge in [0.2, 0.25) is 0 Å². The summed E-state index contributed by atoms with van der Waals surface area (Å²) in [5.41, 5.74) is -2.54. The summed E-state index contributed by atoms with van der Waals surface area (Å²) >= 11 is 0. The third-order valence-electron chi connectivity index (χ3n) is 11.5. The number of fused-ring (bicyclic) bond motifs is 5. The maximum atomic E-state index is 16.7. The number of hydrogen-bond acceptors (Lipinski definition) is 4. The zero-order valence-corrected chi connectivity index (χ0v) is 24.4. The zero-order chi connectivity index (χ0) is 26.7. The lowest BCUT2D eigenvalue weighted by molar-refractivity contribution is -0.189. The van der Waals surface area contributed by atoms with Gasteiger partial charge in [-0.2, -0.15) is 8.42 Å². The second-order valence-electron chi connectivity index (χ2n) is 13.7. The smallest absolute Gasteiger partial charge is 0.264 e. The molecule has 4 saturated carbocycles. The third-order valence-corrected chi connectivity index (χ3v) is 12.1. The van der Waals surface area contributed by atoms with E-state index in [0.29, 0.717) is 48.9 Å². The van der Waals surface area contributed by atoms with Crippen molar-refractivity contribution >= 4 is 15.9 Å². The first-order chi connectivity index (χ1) is 16.7. The predicted molar refractivity (Wildman–Crippen MR) is 143 cm³/mol. The largest absolute Gasteiger partial charge is 0.296 e. The second-order valence-corrected chi connectivity index (χ2v) is 15.3. The van der Waals surface area contributed by atoms with E-state index < -0.39 is 27.3 Å². The molecule has 206 valence electrons. The molecule has 0 saturated heterocycles. The number of ketones is 1. The predicted octanol–water partition coefficient (Wildman–Crippen LogP) is 7.14. The van der Waals surface area contributed by atoms with Crippen LogP contribution in [0.15, 0.2) is 12.2 Å². The van der Waals surface area contributed by atoms with E-state index >= 15 is 4.39 Å². The fourth-order valence-corrected chi connectivity index (χ4v) is 10.1. The molecule has 0 radical (unpaired) electrons. The molecule has 4 aliphatic rings. The van der Waals surface area contributed by atoms with Gasteiger partial charge in [-0.15, -0.1) is 0 Å². The molecule has 36 heavy (non-hydrogen) atoms. The highest BCUT2D eigenvalue weighted by molar-refractivity contribution is 7.86. The normalized spacial score (nSPS) is 44.8. The first-order valence-corrected chi connectivity index (χ1v) is 16.3. The Morgan fingerprint density at radius 2 is 1.75 bits per heavy atom. The van der Waals surface area contributed by atoms with Crippen molar-refractivity contribution in [2.45, 2.75) is 111 Å². The molecule has 0 heterocycles. The van der Waals surface area contributed by atoms with Crippen molar-refractivity contribution in [3.05, 3.63) is 12.2 Å². The minimum absolute atomic E-state index is 0.126. The average Bonchev–Trinajstić information content (AvgIpc) is 3.12. The minimum atomic E-state index is -3.68. The van der Waals surface area contributed by atoms with E-state index in [1.165, 1.54) is 6.42 Å². The topological polar surface area (TPSA) is 60.4 Å². The highest BCUT2D eigenvalue weighted by atomic mass is 32.2. The van der Waals surface area contributed by atoms with Crippen molar-refractivity contribution in [2.75, 3.05) is 6.26 Å². The van der Waals surface area contributed by atoms with E-state index in [2.05, 4.69) is 46.8 Å². The van der Waals surface area contributed by atoms with Crippen molar-refractivity contribution in [1.29, 1.82) is 0 Å². The maximum Gasteiger partial charge on any atom is 0.264 e. The number of rotatable bonds is 7. The fourth-order valence-electron chi connectivity index (χ4n) is 9.47. The van der Waals surface area contributed by atoms with Crippen LogP contribution in [0.2, 0.25) is 0 Å². The number of hydrogen-bond donors (Lipinski definition) is 0. The lowest BCUT2D eigenvalue weighted by Crippen LogP contribution is -2.65. The standard InChI is InChI=1S/C30H49FO4S/c1-8-21(19(2)3)10-9-20(4)24-11-12-25-23-17-27(32)30(31)18-22(35-36(7,33)34)13-16-29(30,6)26(23)14-15-28(24,25)5/h9-10,19-26H,8,11-18H2,1-7H3/b10-9+/t20-,21-,22+,23+,24-,25+,26+,28-,29-,30+/m1/s1. The van der Waals surface area contributed by atoms with Crippen molar-refractivity contribution in [2.24, 2.45) is 52.3 Å². The van der Waals surface area contributed by atoms with Crippen LogP contribution in [0.4, 0.5) is 4.39 Å². The Hall–Kier alpha value is -0.750. The quantitative estimate of drug-likeness (QED) is 0.262. The Labute approximate surface area is 219 Å². The zero-order valence-electron chi connectivity index (χ0n) is 23.6. The van der Waals surface area contributed by atoms with Gasteiger partial charge in [0.15, 0.2) is 11.5 Å². The van der Waals surface area contributed by atoms with E-state index in [0.717, 1.165) is 31.9 Å². The fraction of sp³-hybridized carbons (Fsp3) is 0.900. The Morgan fingerprint density at radius 1 is 1.06 bits per heavy atom. The van der Waals surface area contributed by atoms with Crippen LogP contribution in [0.1, 0.15) is 99.3 Å². The van der Waals surface area contributed by atoms with Crippen LogP contribution in [0.3, 0.4) is 0 Å². The average molecular weight is 525 g/mol. The molecule has 0 amide bonds. The maximum absolute atomic E-state index is 16.7. The lowest BCUT2D eigenvalue weighted by atomic mass is 9.43. The Kier molecular flexibility index (Phi) is 7.67. The summed E-state index contributed by atoms with van der Waals surface area (Å²) in [5.74, 6) is 2.92. The molecule has 4 fully saturated rings. The molecule has 4 aliphatic carbocycles. The van der Waals surface area contributed by atoms with Gasteiger partial charge < -0.3 is 0 Å². The van der Waals surface area contributed by atoms with Gasteiger partial charge in [-0.1, -0.05) is 53.7 Å². The molecule has 0 N–H and O–H groups in total. The summed E-state index contributed by atoms with van der Waals surface area (Å²) in [7, 11) is -3.68. The first kappa shape index (κ1) is 28.3. The van der Waals surface area contributed by atoms with Gasteiger partial charge in [0, 0.05) is 18.3 Å². The summed E-state index contributed by atoms with van der Waals surface area (Å²) in [6, 6.07) is 0. The van der Waals surface area contributed by atoms with Gasteiger partial charge in [-0.25, -0.2) is 4.39 Å². The molecule has 0 aromatic rings. The second kappa shape index (κ2) is 9.77. The highest BCUT2D eigenvalue weighted by Crippen LogP contribution is 2.69. The van der Waals surface area contributed by atoms with Crippen LogP contribution in [-0.2, 0) is 19.1 Å². The number of carbonyl (C=O) groups excluding carboxylic acids is 1. The van der Waals surface area contributed by atoms with Crippen LogP contribution < -0.4 is 0 Å². The summed E-state index contributed by atoms with van der Waals surface area (Å²) in [6.45, 7) is 13.7. The number of alkyl halides is 1. The molecule has 10 atom stereocenters. The van der Waals surface area contributed by atoms with E-state index in [1.54, 1.807) is 0 Å². The molecule has 0 bridgehead atoms. The van der Waals surface area contributed by atoms with E-state index in [-0.39, 0.29) is 29.5 Å². The van der Waals surface area contributed by atoms with E-state index in [9.17, 15) is 13.2 Å². The minimum Gasteiger partial charge on any atom is -0.296 e. The van der Waals surface area contributed by atoms with Crippen molar-refractivity contribution in [1.82, 2.24) is 0 Å². The first-order valence-electron chi connectivity index (χ1n) is 14.4. The number of carbonyl (C=O) groups is 1. The molecule has 0 aliphatic heterocycles. The summed E-state index contributed by atoms with van der Waals surface area (Å²) in [4.78, 5) is 13.5. The molecule has 0 unspecified atom stereocenters. The molecule has 4 nitrogen and oxygen atoms in total. The molecule has 6 heteroatoms. The monoisotopic (exact) mass is 524 g/mol. The van der Waals surface area contributed by atoms with Gasteiger partial charge in [-0.05, 0) is 91.8 Å². The van der Waals surface area contributed by atoms with Crippen molar-refractivity contribution in [3.8, 4) is 0 Å². The molecule has 4 rings (SSSR count). The summed E-state index contributed by atoms with van der Waals surface area (Å²) < 4.78 is 45.3. The SMILES string of the molecule is CC[C@H](/C=C/[C@@H](C)[C@H]1CC[C@H]2[C@@H]3CC(=O)[C@@]4(F)C[C@@H](OS(C)(=O)=O)CC[C@]4(C)[C@H]3CC[C@]12C)C(C)C. The van der Waals surface area contributed by atoms with Gasteiger partial charge in [0.25, 0.3) is 10.1 Å². The van der Waals surface area contributed by atoms with Gasteiger partial charge in [0.05, 0.1) is 12.4 Å². The van der Waals surface area contributed by atoms with Crippen LogP contribution >= 0.6 is 0 Å². The number of Topliss-reactive ketones (excluding diaryl/α,β-unsaturated/α-hetero) is 1. The molecule has 0 aromatic carbocycles. The Balaban J connectivity index is 1.55. The van der Waals surface area contributed by atoms with Gasteiger partial charge in [-0.3, -0.25) is 8.98 Å². The summed E-state index contributed by atoms with van der Waals surface area (Å²) in [6.07, 6.45) is 11.9. The van der Waals surface area contributed by atoms with Crippen molar-refractivity contribution < 1.29 is 21.8 Å². The Morgan fingerprint density at radius 3 is 2.36 bits per heavy atom. The summed E-state index contributed by atoms with van der Waals surface area (Å²) in [5, 5.41) is 0. The lowest BCUT2D eigenvalue weighted by Gasteiger charge is -2.62. The van der Waals surface area contributed by atoms with Crippen LogP contribution in [-0.4, -0.2) is 32.2 Å². The van der Waals surface area contributed by atoms with E-state index in [4.69, 9.17) is 4.18 Å². The third kappa shape index (κ3) is 4.65. The van der Waals surface area contributed by atoms with Gasteiger partial charge >= 0.3 is 0 Å². The highest BCUT2D eigenvalue weighted by Gasteiger charge is 2.69.